The molecule has 0 bridgehead atoms. The maximum Gasteiger partial charge on any atom is 0.406 e. The van der Waals surface area contributed by atoms with Gasteiger partial charge in [0.15, 0.2) is 0 Å². The van der Waals surface area contributed by atoms with Crippen molar-refractivity contribution in [2.24, 2.45) is 5.92 Å². The molecule has 0 spiro atoms. The zero-order chi connectivity index (χ0) is 19.9. The van der Waals surface area contributed by atoms with Crippen molar-refractivity contribution in [2.45, 2.75) is 44.7 Å². The van der Waals surface area contributed by atoms with Crippen molar-refractivity contribution in [3.63, 3.8) is 0 Å². The Kier molecular flexibility index (Phi) is 8.39. The number of halogens is 3. The molecule has 0 N–H and O–H groups in total. The summed E-state index contributed by atoms with van der Waals surface area (Å²) in [6.45, 7) is 4.29. The lowest BCUT2D eigenvalue weighted by atomic mass is 10.1. The van der Waals surface area contributed by atoms with Gasteiger partial charge in [-0.15, -0.1) is 11.8 Å². The molecule has 26 heavy (non-hydrogen) atoms. The Labute approximate surface area is 155 Å². The zero-order valence-electron chi connectivity index (χ0n) is 15.0. The Morgan fingerprint density at radius 2 is 2.00 bits per heavy atom. The van der Waals surface area contributed by atoms with E-state index in [-0.39, 0.29) is 17.8 Å². The second-order valence-electron chi connectivity index (χ2n) is 6.31. The lowest BCUT2D eigenvalue weighted by molar-refractivity contribution is -0.387. The molecule has 0 radical (unpaired) electrons. The number of carbonyl (C=O) groups is 1. The van der Waals surface area contributed by atoms with E-state index in [0.29, 0.717) is 27.9 Å². The first-order valence-corrected chi connectivity index (χ1v) is 9.31. The fourth-order valence-corrected chi connectivity index (χ4v) is 3.50. The van der Waals surface area contributed by atoms with Crippen molar-refractivity contribution < 1.29 is 22.9 Å². The van der Waals surface area contributed by atoms with Crippen LogP contribution in [0.5, 0.6) is 0 Å². The van der Waals surface area contributed by atoms with E-state index in [9.17, 15) is 28.1 Å². The molecule has 146 valence electrons. The van der Waals surface area contributed by atoms with Crippen LogP contribution in [-0.4, -0.2) is 40.7 Å². The lowest BCUT2D eigenvalue weighted by Gasteiger charge is -2.23. The van der Waals surface area contributed by atoms with Gasteiger partial charge in [0.05, 0.1) is 9.82 Å². The summed E-state index contributed by atoms with van der Waals surface area (Å²) in [5, 5.41) is 11.3. The van der Waals surface area contributed by atoms with Crippen LogP contribution in [0.1, 0.15) is 44.0 Å². The minimum absolute atomic E-state index is 0.0724. The maximum atomic E-state index is 12.7. The number of nitrogens with zero attached hydrogens (tertiary/aromatic N) is 2. The average Bonchev–Trinajstić information content (AvgIpc) is 2.52. The molecular formula is C17H23F3N2O3S. The highest BCUT2D eigenvalue weighted by atomic mass is 32.2. The second kappa shape index (κ2) is 9.80. The topological polar surface area (TPSA) is 63.5 Å². The van der Waals surface area contributed by atoms with Gasteiger partial charge in [0.2, 0.25) is 0 Å². The van der Waals surface area contributed by atoms with Crippen molar-refractivity contribution >= 4 is 23.4 Å². The molecular weight excluding hydrogens is 369 g/mol. The van der Waals surface area contributed by atoms with Gasteiger partial charge in [-0.2, -0.15) is 13.2 Å². The van der Waals surface area contributed by atoms with Gasteiger partial charge < -0.3 is 4.90 Å². The van der Waals surface area contributed by atoms with Crippen molar-refractivity contribution in [1.82, 2.24) is 4.90 Å². The molecule has 1 aromatic rings. The van der Waals surface area contributed by atoms with E-state index in [1.54, 1.807) is 6.92 Å². The molecule has 0 fully saturated rings. The summed E-state index contributed by atoms with van der Waals surface area (Å²) >= 11 is 1.31. The van der Waals surface area contributed by atoms with Crippen LogP contribution in [0.3, 0.4) is 0 Å². The van der Waals surface area contributed by atoms with Gasteiger partial charge in [0.25, 0.3) is 11.6 Å². The number of hydrogen-bond acceptors (Lipinski definition) is 4. The van der Waals surface area contributed by atoms with Crippen LogP contribution in [0.2, 0.25) is 0 Å². The van der Waals surface area contributed by atoms with E-state index in [2.05, 4.69) is 0 Å². The highest BCUT2D eigenvalue weighted by Crippen LogP contribution is 2.31. The quantitative estimate of drug-likeness (QED) is 0.331. The molecule has 0 saturated heterocycles. The standard InChI is InChI=1S/C17H23F3N2O3S/c1-4-8-21(11-17(18,19)20)16(23)13-5-6-15(14(10-13)22(24)25)26-9-7-12(2)3/h5-6,10,12H,4,7-9,11H2,1-3H3. The third-order valence-electron chi connectivity index (χ3n) is 3.51. The molecule has 9 heteroatoms. The summed E-state index contributed by atoms with van der Waals surface area (Å²) in [6, 6.07) is 3.86. The Morgan fingerprint density at radius 3 is 2.50 bits per heavy atom. The van der Waals surface area contributed by atoms with Gasteiger partial charge in [0, 0.05) is 18.2 Å². The van der Waals surface area contributed by atoms with Gasteiger partial charge in [-0.05, 0) is 36.6 Å². The number of hydrogen-bond donors (Lipinski definition) is 0. The molecule has 0 saturated carbocycles. The summed E-state index contributed by atoms with van der Waals surface area (Å²) in [7, 11) is 0. The maximum absolute atomic E-state index is 12.7. The van der Waals surface area contributed by atoms with Gasteiger partial charge in [-0.25, -0.2) is 0 Å². The van der Waals surface area contributed by atoms with Crippen LogP contribution in [0, 0.1) is 16.0 Å². The highest BCUT2D eigenvalue weighted by Gasteiger charge is 2.33. The SMILES string of the molecule is CCCN(CC(F)(F)F)C(=O)c1ccc(SCCC(C)C)c([N+](=O)[O-])c1. The molecule has 0 aliphatic carbocycles. The molecule has 1 amide bonds. The molecule has 5 nitrogen and oxygen atoms in total. The van der Waals surface area contributed by atoms with Gasteiger partial charge in [0.1, 0.15) is 6.54 Å². The average molecular weight is 392 g/mol. The number of nitro benzene ring substituents is 1. The lowest BCUT2D eigenvalue weighted by Crippen LogP contribution is -2.39. The molecule has 0 atom stereocenters. The minimum Gasteiger partial charge on any atom is -0.330 e. The first kappa shape index (κ1) is 22.3. The van der Waals surface area contributed by atoms with Gasteiger partial charge in [-0.1, -0.05) is 20.8 Å². The number of benzene rings is 1. The number of alkyl halides is 3. The van der Waals surface area contributed by atoms with Gasteiger partial charge in [-0.3, -0.25) is 14.9 Å². The first-order chi connectivity index (χ1) is 12.0. The van der Waals surface area contributed by atoms with E-state index in [1.807, 2.05) is 13.8 Å². The molecule has 0 heterocycles. The zero-order valence-corrected chi connectivity index (χ0v) is 15.8. The Morgan fingerprint density at radius 1 is 1.35 bits per heavy atom. The third kappa shape index (κ3) is 7.23. The largest absolute Gasteiger partial charge is 0.406 e. The van der Waals surface area contributed by atoms with E-state index in [1.165, 1.54) is 23.9 Å². The van der Waals surface area contributed by atoms with Crippen molar-refractivity contribution in [2.75, 3.05) is 18.8 Å². The van der Waals surface area contributed by atoms with Crippen molar-refractivity contribution in [3.8, 4) is 0 Å². The highest BCUT2D eigenvalue weighted by molar-refractivity contribution is 7.99. The van der Waals surface area contributed by atoms with Crippen molar-refractivity contribution in [3.05, 3.63) is 33.9 Å². The molecule has 0 aliphatic heterocycles. The molecule has 1 rings (SSSR count). The normalized spacial score (nSPS) is 11.7. The number of carbonyl (C=O) groups excluding carboxylic acids is 1. The summed E-state index contributed by atoms with van der Waals surface area (Å²) in [4.78, 5) is 24.2. The van der Waals surface area contributed by atoms with Crippen LogP contribution in [-0.2, 0) is 0 Å². The summed E-state index contributed by atoms with van der Waals surface area (Å²) in [6.07, 6.45) is -3.30. The Hall–Kier alpha value is -1.77. The Bertz CT molecular complexity index is 636. The van der Waals surface area contributed by atoms with Crippen LogP contribution in [0.25, 0.3) is 0 Å². The van der Waals surface area contributed by atoms with Crippen molar-refractivity contribution in [1.29, 1.82) is 0 Å². The summed E-state index contributed by atoms with van der Waals surface area (Å²) < 4.78 is 38.0. The Balaban J connectivity index is 3.06. The number of rotatable bonds is 9. The predicted molar refractivity (Wildman–Crippen MR) is 95.5 cm³/mol. The minimum atomic E-state index is -4.52. The van der Waals surface area contributed by atoms with E-state index in [4.69, 9.17) is 0 Å². The fourth-order valence-electron chi connectivity index (χ4n) is 2.24. The molecule has 0 unspecified atom stereocenters. The predicted octanol–water partition coefficient (Wildman–Crippen LogP) is 5.15. The monoisotopic (exact) mass is 392 g/mol. The number of nitro groups is 1. The molecule has 0 aliphatic rings. The third-order valence-corrected chi connectivity index (χ3v) is 4.60. The van der Waals surface area contributed by atoms with Crippen LogP contribution in [0.4, 0.5) is 18.9 Å². The van der Waals surface area contributed by atoms with E-state index < -0.39 is 23.6 Å². The molecule has 0 aromatic heterocycles. The summed E-state index contributed by atoms with van der Waals surface area (Å²) in [5.41, 5.74) is -0.365. The van der Waals surface area contributed by atoms with E-state index in [0.717, 1.165) is 12.5 Å². The van der Waals surface area contributed by atoms with Gasteiger partial charge >= 0.3 is 6.18 Å². The van der Waals surface area contributed by atoms with E-state index >= 15 is 0 Å². The van der Waals surface area contributed by atoms with Crippen LogP contribution < -0.4 is 0 Å². The van der Waals surface area contributed by atoms with Crippen LogP contribution in [0.15, 0.2) is 23.1 Å². The second-order valence-corrected chi connectivity index (χ2v) is 7.45. The number of amides is 1. The summed E-state index contributed by atoms with van der Waals surface area (Å²) in [5.74, 6) is 0.278. The number of thioether (sulfide) groups is 1. The fraction of sp³-hybridized carbons (Fsp3) is 0.588. The smallest absolute Gasteiger partial charge is 0.330 e. The first-order valence-electron chi connectivity index (χ1n) is 8.32. The van der Waals surface area contributed by atoms with Crippen LogP contribution >= 0.6 is 11.8 Å². The molecule has 1 aromatic carbocycles.